The normalized spacial score (nSPS) is 16.5. The Labute approximate surface area is 124 Å². The first-order chi connectivity index (χ1) is 8.74. The Morgan fingerprint density at radius 1 is 1.32 bits per heavy atom. The maximum atomic E-state index is 6.00. The van der Waals surface area contributed by atoms with E-state index in [-0.39, 0.29) is 12.4 Å². The number of fused-ring (bicyclic) bond motifs is 1. The van der Waals surface area contributed by atoms with Gasteiger partial charge in [-0.05, 0) is 18.2 Å². The van der Waals surface area contributed by atoms with E-state index in [0.717, 1.165) is 54.6 Å². The van der Waals surface area contributed by atoms with Gasteiger partial charge in [-0.2, -0.15) is 0 Å². The molecule has 19 heavy (non-hydrogen) atoms. The molecule has 6 heteroatoms. The molecule has 0 spiro atoms. The molecule has 3 rings (SSSR count). The fourth-order valence-electron chi connectivity index (χ4n) is 2.43. The third-order valence-corrected chi connectivity index (χ3v) is 3.75. The standard InChI is InChI=1S/C13H17ClN4.ClH/c1-17-12-3-2-10(14)8-11(12)16-13(17)9-18-6-4-15-5-7-18;/h2-3,8,15H,4-7,9H2,1H3;1H. The summed E-state index contributed by atoms with van der Waals surface area (Å²) >= 11 is 6.00. The molecule has 0 radical (unpaired) electrons. The summed E-state index contributed by atoms with van der Waals surface area (Å²) in [6, 6.07) is 5.88. The van der Waals surface area contributed by atoms with Crippen molar-refractivity contribution in [2.24, 2.45) is 7.05 Å². The summed E-state index contributed by atoms with van der Waals surface area (Å²) in [4.78, 5) is 7.11. The molecule has 104 valence electrons. The van der Waals surface area contributed by atoms with Crippen molar-refractivity contribution in [3.8, 4) is 0 Å². The zero-order chi connectivity index (χ0) is 12.5. The van der Waals surface area contributed by atoms with Gasteiger partial charge in [0, 0.05) is 38.2 Å². The van der Waals surface area contributed by atoms with Gasteiger partial charge in [0.2, 0.25) is 0 Å². The Morgan fingerprint density at radius 3 is 2.79 bits per heavy atom. The summed E-state index contributed by atoms with van der Waals surface area (Å²) < 4.78 is 2.16. The summed E-state index contributed by atoms with van der Waals surface area (Å²) in [6.07, 6.45) is 0. The smallest absolute Gasteiger partial charge is 0.123 e. The van der Waals surface area contributed by atoms with Crippen molar-refractivity contribution in [2.75, 3.05) is 26.2 Å². The number of halogens is 2. The average molecular weight is 301 g/mol. The molecule has 1 aliphatic heterocycles. The van der Waals surface area contributed by atoms with Crippen molar-refractivity contribution < 1.29 is 0 Å². The molecule has 2 heterocycles. The molecule has 0 amide bonds. The van der Waals surface area contributed by atoms with Crippen molar-refractivity contribution >= 4 is 35.0 Å². The molecular weight excluding hydrogens is 283 g/mol. The van der Waals surface area contributed by atoms with Crippen LogP contribution in [0.5, 0.6) is 0 Å². The Bertz CT molecular complexity index is 561. The highest BCUT2D eigenvalue weighted by molar-refractivity contribution is 6.31. The van der Waals surface area contributed by atoms with E-state index >= 15 is 0 Å². The molecule has 2 aromatic rings. The number of piperazine rings is 1. The third kappa shape index (κ3) is 3.03. The topological polar surface area (TPSA) is 33.1 Å². The molecule has 0 unspecified atom stereocenters. The van der Waals surface area contributed by atoms with E-state index < -0.39 is 0 Å². The largest absolute Gasteiger partial charge is 0.330 e. The Kier molecular flexibility index (Phi) is 4.68. The Hall–Kier alpha value is -0.810. The van der Waals surface area contributed by atoms with Gasteiger partial charge >= 0.3 is 0 Å². The first kappa shape index (κ1) is 14.6. The molecule has 1 aromatic carbocycles. The summed E-state index contributed by atoms with van der Waals surface area (Å²) in [7, 11) is 2.07. The highest BCUT2D eigenvalue weighted by Gasteiger charge is 2.14. The fraction of sp³-hybridized carbons (Fsp3) is 0.462. The molecule has 0 bridgehead atoms. The van der Waals surface area contributed by atoms with Crippen molar-refractivity contribution in [3.05, 3.63) is 29.0 Å². The average Bonchev–Trinajstić information content (AvgIpc) is 2.67. The number of rotatable bonds is 2. The monoisotopic (exact) mass is 300 g/mol. The predicted molar refractivity (Wildman–Crippen MR) is 81.1 cm³/mol. The predicted octanol–water partition coefficient (Wildman–Crippen LogP) is 2.05. The quantitative estimate of drug-likeness (QED) is 0.921. The first-order valence-electron chi connectivity index (χ1n) is 6.28. The summed E-state index contributed by atoms with van der Waals surface area (Å²) in [5, 5.41) is 4.11. The van der Waals surface area contributed by atoms with Crippen LogP contribution in [0.2, 0.25) is 5.02 Å². The summed E-state index contributed by atoms with van der Waals surface area (Å²) in [6.45, 7) is 5.21. The molecule has 1 aromatic heterocycles. The number of hydrogen-bond acceptors (Lipinski definition) is 3. The zero-order valence-corrected chi connectivity index (χ0v) is 12.5. The van der Waals surface area contributed by atoms with Crippen LogP contribution in [0.15, 0.2) is 18.2 Å². The van der Waals surface area contributed by atoms with Crippen LogP contribution < -0.4 is 5.32 Å². The number of aryl methyl sites for hydroxylation is 1. The number of imidazole rings is 1. The molecule has 1 aliphatic rings. The lowest BCUT2D eigenvalue weighted by molar-refractivity contribution is 0.226. The van der Waals surface area contributed by atoms with Gasteiger partial charge in [0.05, 0.1) is 17.6 Å². The summed E-state index contributed by atoms with van der Waals surface area (Å²) in [5.41, 5.74) is 2.12. The van der Waals surface area contributed by atoms with Crippen LogP contribution in [0, 0.1) is 0 Å². The van der Waals surface area contributed by atoms with Gasteiger partial charge in [-0.1, -0.05) is 11.6 Å². The van der Waals surface area contributed by atoms with Crippen LogP contribution in [0.4, 0.5) is 0 Å². The van der Waals surface area contributed by atoms with Gasteiger partial charge in [0.15, 0.2) is 0 Å². The maximum absolute atomic E-state index is 6.00. The first-order valence-corrected chi connectivity index (χ1v) is 6.66. The second-order valence-electron chi connectivity index (χ2n) is 4.75. The van der Waals surface area contributed by atoms with Gasteiger partial charge in [-0.3, -0.25) is 4.90 Å². The van der Waals surface area contributed by atoms with Crippen molar-refractivity contribution in [2.45, 2.75) is 6.54 Å². The Balaban J connectivity index is 0.00000133. The lowest BCUT2D eigenvalue weighted by Gasteiger charge is -2.26. The van der Waals surface area contributed by atoms with E-state index in [0.29, 0.717) is 0 Å². The van der Waals surface area contributed by atoms with Crippen LogP contribution >= 0.6 is 24.0 Å². The zero-order valence-electron chi connectivity index (χ0n) is 10.9. The molecule has 1 N–H and O–H groups in total. The second-order valence-corrected chi connectivity index (χ2v) is 5.18. The van der Waals surface area contributed by atoms with Crippen LogP contribution in [-0.2, 0) is 13.6 Å². The second kappa shape index (κ2) is 6.09. The fourth-order valence-corrected chi connectivity index (χ4v) is 2.60. The van der Waals surface area contributed by atoms with Gasteiger partial charge in [0.25, 0.3) is 0 Å². The molecule has 0 atom stereocenters. The van der Waals surface area contributed by atoms with E-state index in [2.05, 4.69) is 26.8 Å². The number of nitrogens with one attached hydrogen (secondary N) is 1. The van der Waals surface area contributed by atoms with Gasteiger partial charge < -0.3 is 9.88 Å². The SMILES string of the molecule is Cl.Cn1c(CN2CCNCC2)nc2cc(Cl)ccc21. The van der Waals surface area contributed by atoms with Crippen LogP contribution in [0.1, 0.15) is 5.82 Å². The maximum Gasteiger partial charge on any atom is 0.123 e. The van der Waals surface area contributed by atoms with Gasteiger partial charge in [0.1, 0.15) is 5.82 Å². The minimum Gasteiger partial charge on any atom is -0.330 e. The van der Waals surface area contributed by atoms with E-state index in [4.69, 9.17) is 11.6 Å². The lowest BCUT2D eigenvalue weighted by Crippen LogP contribution is -2.43. The molecule has 4 nitrogen and oxygen atoms in total. The van der Waals surface area contributed by atoms with Gasteiger partial charge in [-0.25, -0.2) is 4.98 Å². The van der Waals surface area contributed by atoms with E-state index in [1.165, 1.54) is 0 Å². The van der Waals surface area contributed by atoms with Crippen LogP contribution in [0.3, 0.4) is 0 Å². The van der Waals surface area contributed by atoms with E-state index in [9.17, 15) is 0 Å². The van der Waals surface area contributed by atoms with Crippen molar-refractivity contribution in [1.29, 1.82) is 0 Å². The minimum absolute atomic E-state index is 0. The number of hydrogen-bond donors (Lipinski definition) is 1. The summed E-state index contributed by atoms with van der Waals surface area (Å²) in [5.74, 6) is 1.11. The van der Waals surface area contributed by atoms with E-state index in [1.807, 2.05) is 18.2 Å². The van der Waals surface area contributed by atoms with Crippen LogP contribution in [-0.4, -0.2) is 40.6 Å². The van der Waals surface area contributed by atoms with Crippen LogP contribution in [0.25, 0.3) is 11.0 Å². The number of benzene rings is 1. The Morgan fingerprint density at radius 2 is 2.05 bits per heavy atom. The molecule has 0 saturated carbocycles. The van der Waals surface area contributed by atoms with Crippen molar-refractivity contribution in [3.63, 3.8) is 0 Å². The third-order valence-electron chi connectivity index (χ3n) is 3.51. The minimum atomic E-state index is 0. The van der Waals surface area contributed by atoms with Crippen molar-refractivity contribution in [1.82, 2.24) is 19.8 Å². The molecular formula is C13H18Cl2N4. The molecule has 1 fully saturated rings. The van der Waals surface area contributed by atoms with E-state index in [1.54, 1.807) is 0 Å². The number of nitrogens with zero attached hydrogens (tertiary/aromatic N) is 3. The molecule has 0 aliphatic carbocycles. The van der Waals surface area contributed by atoms with Gasteiger partial charge in [-0.15, -0.1) is 12.4 Å². The highest BCUT2D eigenvalue weighted by Crippen LogP contribution is 2.20. The highest BCUT2D eigenvalue weighted by atomic mass is 35.5. The lowest BCUT2D eigenvalue weighted by atomic mass is 10.3. The number of aromatic nitrogens is 2. The molecule has 1 saturated heterocycles.